The fourth-order valence-electron chi connectivity index (χ4n) is 1.27. The van der Waals surface area contributed by atoms with Gasteiger partial charge in [-0.1, -0.05) is 18.2 Å². The third-order valence-electron chi connectivity index (χ3n) is 2.06. The quantitative estimate of drug-likeness (QED) is 0.490. The van der Waals surface area contributed by atoms with Gasteiger partial charge < -0.3 is 5.11 Å². The first-order valence-corrected chi connectivity index (χ1v) is 5.33. The van der Waals surface area contributed by atoms with E-state index in [2.05, 4.69) is 0 Å². The fourth-order valence-corrected chi connectivity index (χ4v) is 1.40. The van der Waals surface area contributed by atoms with E-state index in [-0.39, 0.29) is 12.3 Å². The van der Waals surface area contributed by atoms with Gasteiger partial charge in [-0.25, -0.2) is 0 Å². The molecule has 0 saturated heterocycles. The number of hydrogen-bond donors (Lipinski definition) is 1. The van der Waals surface area contributed by atoms with Crippen LogP contribution in [0.3, 0.4) is 0 Å². The van der Waals surface area contributed by atoms with Gasteiger partial charge in [-0.2, -0.15) is 0 Å². The zero-order chi connectivity index (χ0) is 12.0. The Morgan fingerprint density at radius 1 is 1.50 bits per heavy atom. The summed E-state index contributed by atoms with van der Waals surface area (Å²) in [6, 6.07) is 4.72. The summed E-state index contributed by atoms with van der Waals surface area (Å²) in [4.78, 5) is 10.2. The molecule has 0 unspecified atom stereocenters. The molecule has 1 aromatic carbocycles. The lowest BCUT2D eigenvalue weighted by molar-refractivity contribution is -0.385. The van der Waals surface area contributed by atoms with Crippen molar-refractivity contribution in [3.8, 4) is 0 Å². The number of rotatable bonds is 5. The van der Waals surface area contributed by atoms with Crippen molar-refractivity contribution in [2.45, 2.75) is 13.0 Å². The summed E-state index contributed by atoms with van der Waals surface area (Å²) in [7, 11) is 0. The Bertz CT molecular complexity index is 404. The van der Waals surface area contributed by atoms with Crippen molar-refractivity contribution in [2.75, 3.05) is 5.88 Å². The largest absolute Gasteiger partial charge is 0.391 e. The third-order valence-corrected chi connectivity index (χ3v) is 2.28. The Hall–Kier alpha value is -1.39. The van der Waals surface area contributed by atoms with E-state index in [1.54, 1.807) is 18.2 Å². The summed E-state index contributed by atoms with van der Waals surface area (Å²) in [5, 5.41) is 19.6. The standard InChI is InChI=1S/C11H12ClNO3/c12-6-2-1-3-9-4-5-10(8-14)11(7-9)13(15)16/h1,3-5,7,14H,2,6,8H2. The minimum Gasteiger partial charge on any atom is -0.391 e. The van der Waals surface area contributed by atoms with Crippen LogP contribution in [0, 0.1) is 10.1 Å². The van der Waals surface area contributed by atoms with Crippen LogP contribution in [-0.2, 0) is 6.61 Å². The van der Waals surface area contributed by atoms with E-state index in [0.29, 0.717) is 11.4 Å². The van der Waals surface area contributed by atoms with Gasteiger partial charge in [0, 0.05) is 11.9 Å². The van der Waals surface area contributed by atoms with Gasteiger partial charge >= 0.3 is 0 Å². The Labute approximate surface area is 98.3 Å². The molecular weight excluding hydrogens is 230 g/mol. The molecule has 0 aliphatic carbocycles. The smallest absolute Gasteiger partial charge is 0.275 e. The molecular formula is C11H12ClNO3. The number of halogens is 1. The first kappa shape index (κ1) is 12.7. The van der Waals surface area contributed by atoms with E-state index in [0.717, 1.165) is 12.0 Å². The Morgan fingerprint density at radius 2 is 2.25 bits per heavy atom. The van der Waals surface area contributed by atoms with Crippen LogP contribution in [0.25, 0.3) is 6.08 Å². The second-order valence-electron chi connectivity index (χ2n) is 3.18. The average Bonchev–Trinajstić information content (AvgIpc) is 2.29. The van der Waals surface area contributed by atoms with E-state index in [9.17, 15) is 10.1 Å². The lowest BCUT2D eigenvalue weighted by Crippen LogP contribution is -1.95. The van der Waals surface area contributed by atoms with Gasteiger partial charge in [0.25, 0.3) is 5.69 Å². The fraction of sp³-hybridized carbons (Fsp3) is 0.273. The Balaban J connectivity index is 2.98. The van der Waals surface area contributed by atoms with Crippen LogP contribution in [0.15, 0.2) is 24.3 Å². The normalized spacial score (nSPS) is 10.9. The van der Waals surface area contributed by atoms with Crippen molar-refractivity contribution in [3.63, 3.8) is 0 Å². The number of nitro benzene ring substituents is 1. The Morgan fingerprint density at radius 3 is 2.81 bits per heavy atom. The molecule has 0 radical (unpaired) electrons. The summed E-state index contributed by atoms with van der Waals surface area (Å²) >= 11 is 5.50. The monoisotopic (exact) mass is 241 g/mol. The summed E-state index contributed by atoms with van der Waals surface area (Å²) in [5.41, 5.74) is 0.990. The lowest BCUT2D eigenvalue weighted by Gasteiger charge is -2.00. The van der Waals surface area contributed by atoms with E-state index in [1.165, 1.54) is 6.07 Å². The first-order valence-electron chi connectivity index (χ1n) is 4.79. The second-order valence-corrected chi connectivity index (χ2v) is 3.56. The van der Waals surface area contributed by atoms with Crippen molar-refractivity contribution >= 4 is 23.4 Å². The summed E-state index contributed by atoms with van der Waals surface area (Å²) in [6.45, 7) is -0.331. The van der Waals surface area contributed by atoms with Crippen LogP contribution in [0.1, 0.15) is 17.5 Å². The highest BCUT2D eigenvalue weighted by molar-refractivity contribution is 6.17. The van der Waals surface area contributed by atoms with Crippen molar-refractivity contribution in [1.29, 1.82) is 0 Å². The van der Waals surface area contributed by atoms with Crippen LogP contribution in [0.2, 0.25) is 0 Å². The Kier molecular flexibility index (Phi) is 4.95. The number of aliphatic hydroxyl groups excluding tert-OH is 1. The van der Waals surface area contributed by atoms with E-state index in [1.807, 2.05) is 6.08 Å². The highest BCUT2D eigenvalue weighted by Crippen LogP contribution is 2.21. The van der Waals surface area contributed by atoms with Crippen molar-refractivity contribution in [1.82, 2.24) is 0 Å². The van der Waals surface area contributed by atoms with E-state index >= 15 is 0 Å². The van der Waals surface area contributed by atoms with Gasteiger partial charge in [0.05, 0.1) is 17.1 Å². The number of alkyl halides is 1. The third kappa shape index (κ3) is 3.32. The molecule has 1 rings (SSSR count). The molecule has 0 amide bonds. The number of allylic oxidation sites excluding steroid dienone is 1. The van der Waals surface area contributed by atoms with Gasteiger partial charge in [0.1, 0.15) is 0 Å². The first-order chi connectivity index (χ1) is 7.69. The van der Waals surface area contributed by atoms with Crippen LogP contribution in [0.4, 0.5) is 5.69 Å². The highest BCUT2D eigenvalue weighted by atomic mass is 35.5. The summed E-state index contributed by atoms with van der Waals surface area (Å²) in [6.07, 6.45) is 4.35. The molecule has 1 aromatic rings. The molecule has 0 atom stereocenters. The predicted octanol–water partition coefficient (Wildman–Crippen LogP) is 2.73. The molecule has 16 heavy (non-hydrogen) atoms. The minimum atomic E-state index is -0.496. The maximum atomic E-state index is 10.7. The van der Waals surface area contributed by atoms with Crippen LogP contribution in [0.5, 0.6) is 0 Å². The maximum absolute atomic E-state index is 10.7. The molecule has 0 aromatic heterocycles. The van der Waals surface area contributed by atoms with Crippen LogP contribution in [-0.4, -0.2) is 15.9 Å². The predicted molar refractivity (Wildman–Crippen MR) is 63.4 cm³/mol. The zero-order valence-electron chi connectivity index (χ0n) is 8.60. The molecule has 0 heterocycles. The molecule has 4 nitrogen and oxygen atoms in total. The van der Waals surface area contributed by atoms with Gasteiger partial charge in [-0.15, -0.1) is 11.6 Å². The van der Waals surface area contributed by atoms with Crippen LogP contribution < -0.4 is 0 Å². The van der Waals surface area contributed by atoms with Gasteiger partial charge in [0.2, 0.25) is 0 Å². The molecule has 5 heteroatoms. The summed E-state index contributed by atoms with van der Waals surface area (Å²) < 4.78 is 0. The summed E-state index contributed by atoms with van der Waals surface area (Å²) in [5.74, 6) is 0.521. The van der Waals surface area contributed by atoms with Gasteiger partial charge in [0.15, 0.2) is 0 Å². The molecule has 0 spiro atoms. The second kappa shape index (κ2) is 6.25. The zero-order valence-corrected chi connectivity index (χ0v) is 9.35. The molecule has 0 saturated carbocycles. The number of nitro groups is 1. The molecule has 1 N–H and O–H groups in total. The number of aliphatic hydroxyl groups is 1. The van der Waals surface area contributed by atoms with E-state index in [4.69, 9.17) is 16.7 Å². The number of benzene rings is 1. The van der Waals surface area contributed by atoms with Crippen molar-refractivity contribution < 1.29 is 10.0 Å². The van der Waals surface area contributed by atoms with Crippen LogP contribution >= 0.6 is 11.6 Å². The van der Waals surface area contributed by atoms with E-state index < -0.39 is 4.92 Å². The van der Waals surface area contributed by atoms with Crippen molar-refractivity contribution in [3.05, 3.63) is 45.5 Å². The molecule has 0 aliphatic heterocycles. The lowest BCUT2D eigenvalue weighted by atomic mass is 10.1. The van der Waals surface area contributed by atoms with Gasteiger partial charge in [-0.05, 0) is 18.1 Å². The molecule has 0 fully saturated rings. The number of hydrogen-bond acceptors (Lipinski definition) is 3. The molecule has 0 aliphatic rings. The maximum Gasteiger partial charge on any atom is 0.275 e. The average molecular weight is 242 g/mol. The topological polar surface area (TPSA) is 63.4 Å². The molecule has 86 valence electrons. The highest BCUT2D eigenvalue weighted by Gasteiger charge is 2.12. The van der Waals surface area contributed by atoms with Gasteiger partial charge in [-0.3, -0.25) is 10.1 Å². The SMILES string of the molecule is O=[N+]([O-])c1cc(C=CCCCl)ccc1CO. The number of nitrogens with zero attached hydrogens (tertiary/aromatic N) is 1. The molecule has 0 bridgehead atoms. The minimum absolute atomic E-state index is 0.0597. The van der Waals surface area contributed by atoms with Crippen molar-refractivity contribution in [2.24, 2.45) is 0 Å².